The monoisotopic (exact) mass is 476 g/mol. The van der Waals surface area contributed by atoms with Crippen LogP contribution in [0.25, 0.3) is 0 Å². The van der Waals surface area contributed by atoms with Gasteiger partial charge in [0.05, 0.1) is 7.11 Å². The minimum atomic E-state index is -0.580. The normalized spacial score (nSPS) is 11.5. The molecule has 0 aliphatic heterocycles. The van der Waals surface area contributed by atoms with Crippen LogP contribution in [0.15, 0.2) is 53.0 Å². The summed E-state index contributed by atoms with van der Waals surface area (Å²) in [4.78, 5) is 27.4. The third kappa shape index (κ3) is 7.06. The van der Waals surface area contributed by atoms with E-state index in [9.17, 15) is 9.59 Å². The predicted octanol–water partition coefficient (Wildman–Crippen LogP) is 4.17. The number of methoxy groups -OCH3 is 1. The van der Waals surface area contributed by atoms with Crippen molar-refractivity contribution in [1.29, 1.82) is 0 Å². The summed E-state index contributed by atoms with van der Waals surface area (Å²) in [6.07, 6.45) is 1.34. The second-order valence-corrected chi connectivity index (χ2v) is 7.75. The molecule has 1 N–H and O–H groups in total. The summed E-state index contributed by atoms with van der Waals surface area (Å²) in [5, 5.41) is 2.90. The number of hydrogen-bond donors (Lipinski definition) is 1. The molecular weight excluding hydrogens is 448 g/mol. The number of rotatable bonds is 11. The van der Waals surface area contributed by atoms with Crippen molar-refractivity contribution in [1.82, 2.24) is 10.2 Å². The van der Waals surface area contributed by atoms with Gasteiger partial charge in [0.2, 0.25) is 5.91 Å². The molecular formula is C23H29BrN2O4. The van der Waals surface area contributed by atoms with Crippen LogP contribution in [0.1, 0.15) is 32.3 Å². The van der Waals surface area contributed by atoms with Crippen molar-refractivity contribution < 1.29 is 19.1 Å². The van der Waals surface area contributed by atoms with E-state index in [1.54, 1.807) is 24.1 Å². The molecule has 0 radical (unpaired) electrons. The first kappa shape index (κ1) is 23.7. The van der Waals surface area contributed by atoms with Gasteiger partial charge in [-0.05, 0) is 54.8 Å². The molecule has 6 nitrogen and oxygen atoms in total. The lowest BCUT2D eigenvalue weighted by Gasteiger charge is -2.30. The zero-order chi connectivity index (χ0) is 21.9. The fraction of sp³-hybridized carbons (Fsp3) is 0.391. The van der Waals surface area contributed by atoms with Gasteiger partial charge in [-0.25, -0.2) is 0 Å². The van der Waals surface area contributed by atoms with Gasteiger partial charge in [0.15, 0.2) is 6.61 Å². The summed E-state index contributed by atoms with van der Waals surface area (Å²) in [5.74, 6) is 0.893. The van der Waals surface area contributed by atoms with Gasteiger partial charge in [-0.15, -0.1) is 0 Å². The Hall–Kier alpha value is -2.54. The number of amides is 2. The molecule has 0 spiro atoms. The molecule has 2 aromatic rings. The van der Waals surface area contributed by atoms with Gasteiger partial charge < -0.3 is 19.7 Å². The van der Waals surface area contributed by atoms with Crippen molar-refractivity contribution in [3.8, 4) is 11.5 Å². The fourth-order valence-corrected chi connectivity index (χ4v) is 3.28. The highest BCUT2D eigenvalue weighted by atomic mass is 79.9. The standard InChI is InChI=1S/C23H29BrN2O4/c1-4-13-25-23(28)21(5-2)26(15-17-7-6-8-20(14-17)29-3)22(27)16-30-19-11-9-18(24)10-12-19/h6-12,14,21H,4-5,13,15-16H2,1-3H3,(H,25,28)/t21-/m0/s1. The van der Waals surface area contributed by atoms with Gasteiger partial charge in [-0.2, -0.15) is 0 Å². The number of halogens is 1. The average molecular weight is 477 g/mol. The number of benzene rings is 2. The van der Waals surface area contributed by atoms with Crippen molar-refractivity contribution >= 4 is 27.7 Å². The summed E-state index contributed by atoms with van der Waals surface area (Å²) >= 11 is 3.38. The molecule has 0 saturated heterocycles. The summed E-state index contributed by atoms with van der Waals surface area (Å²) in [5.41, 5.74) is 0.882. The van der Waals surface area contributed by atoms with Crippen LogP contribution in [0.5, 0.6) is 11.5 Å². The topological polar surface area (TPSA) is 67.9 Å². The van der Waals surface area contributed by atoms with Gasteiger partial charge in [0, 0.05) is 17.6 Å². The number of carbonyl (C=O) groups excluding carboxylic acids is 2. The first-order chi connectivity index (χ1) is 14.5. The Morgan fingerprint density at radius 2 is 1.83 bits per heavy atom. The maximum Gasteiger partial charge on any atom is 0.261 e. The van der Waals surface area contributed by atoms with Crippen LogP contribution in [0.3, 0.4) is 0 Å². The second-order valence-electron chi connectivity index (χ2n) is 6.83. The van der Waals surface area contributed by atoms with E-state index in [0.29, 0.717) is 24.5 Å². The van der Waals surface area contributed by atoms with Crippen LogP contribution in [0.2, 0.25) is 0 Å². The SMILES string of the molecule is CCCNC(=O)[C@H](CC)N(Cc1cccc(OC)c1)C(=O)COc1ccc(Br)cc1. The number of ether oxygens (including phenoxy) is 2. The highest BCUT2D eigenvalue weighted by Crippen LogP contribution is 2.19. The van der Waals surface area contributed by atoms with Crippen LogP contribution in [-0.2, 0) is 16.1 Å². The third-order valence-electron chi connectivity index (χ3n) is 4.60. The van der Waals surface area contributed by atoms with Crippen molar-refractivity contribution in [2.75, 3.05) is 20.3 Å². The molecule has 2 amide bonds. The second kappa shape index (κ2) is 12.2. The Morgan fingerprint density at radius 3 is 2.47 bits per heavy atom. The van der Waals surface area contributed by atoms with Gasteiger partial charge in [-0.3, -0.25) is 9.59 Å². The lowest BCUT2D eigenvalue weighted by molar-refractivity contribution is -0.143. The maximum atomic E-state index is 13.1. The molecule has 0 unspecified atom stereocenters. The number of hydrogen-bond acceptors (Lipinski definition) is 4. The molecule has 0 aliphatic carbocycles. The van der Waals surface area contributed by atoms with Gasteiger partial charge >= 0.3 is 0 Å². The van der Waals surface area contributed by atoms with Gasteiger partial charge in [0.25, 0.3) is 5.91 Å². The van der Waals surface area contributed by atoms with E-state index in [2.05, 4.69) is 21.2 Å². The molecule has 0 saturated carbocycles. The molecule has 1 atom stereocenters. The van der Waals surface area contributed by atoms with Crippen LogP contribution in [-0.4, -0.2) is 43.0 Å². The van der Waals surface area contributed by atoms with E-state index in [1.807, 2.05) is 50.2 Å². The zero-order valence-electron chi connectivity index (χ0n) is 17.7. The molecule has 30 heavy (non-hydrogen) atoms. The minimum absolute atomic E-state index is 0.150. The van der Waals surface area contributed by atoms with E-state index in [4.69, 9.17) is 9.47 Å². The predicted molar refractivity (Wildman–Crippen MR) is 121 cm³/mol. The third-order valence-corrected chi connectivity index (χ3v) is 5.13. The minimum Gasteiger partial charge on any atom is -0.497 e. The molecule has 2 rings (SSSR count). The van der Waals surface area contributed by atoms with Crippen LogP contribution < -0.4 is 14.8 Å². The van der Waals surface area contributed by atoms with Crippen molar-refractivity contribution in [3.05, 3.63) is 58.6 Å². The molecule has 0 fully saturated rings. The van der Waals surface area contributed by atoms with Crippen molar-refractivity contribution in [3.63, 3.8) is 0 Å². The molecule has 2 aromatic carbocycles. The largest absolute Gasteiger partial charge is 0.497 e. The highest BCUT2D eigenvalue weighted by molar-refractivity contribution is 9.10. The zero-order valence-corrected chi connectivity index (χ0v) is 19.3. The summed E-state index contributed by atoms with van der Waals surface area (Å²) < 4.78 is 11.9. The number of nitrogens with one attached hydrogen (secondary N) is 1. The van der Waals surface area contributed by atoms with Gasteiger partial charge in [-0.1, -0.05) is 41.9 Å². The first-order valence-electron chi connectivity index (χ1n) is 10.1. The lowest BCUT2D eigenvalue weighted by atomic mass is 10.1. The van der Waals surface area contributed by atoms with E-state index >= 15 is 0 Å². The number of carbonyl (C=O) groups is 2. The first-order valence-corrected chi connectivity index (χ1v) is 10.9. The fourth-order valence-electron chi connectivity index (χ4n) is 3.01. The Labute approximate surface area is 186 Å². The van der Waals surface area contributed by atoms with E-state index in [0.717, 1.165) is 16.5 Å². The molecule has 0 aliphatic rings. The quantitative estimate of drug-likeness (QED) is 0.528. The highest BCUT2D eigenvalue weighted by Gasteiger charge is 2.28. The van der Waals surface area contributed by atoms with E-state index in [1.165, 1.54) is 0 Å². The summed E-state index contributed by atoms with van der Waals surface area (Å²) in [6, 6.07) is 14.2. The summed E-state index contributed by atoms with van der Waals surface area (Å²) in [6.45, 7) is 4.61. The van der Waals surface area contributed by atoms with Crippen LogP contribution in [0, 0.1) is 0 Å². The molecule has 162 valence electrons. The van der Waals surface area contributed by atoms with E-state index < -0.39 is 6.04 Å². The summed E-state index contributed by atoms with van der Waals surface area (Å²) in [7, 11) is 1.60. The van der Waals surface area contributed by atoms with Crippen molar-refractivity contribution in [2.24, 2.45) is 0 Å². The Morgan fingerprint density at radius 1 is 1.10 bits per heavy atom. The van der Waals surface area contributed by atoms with Crippen molar-refractivity contribution in [2.45, 2.75) is 39.3 Å². The number of nitrogens with zero attached hydrogens (tertiary/aromatic N) is 1. The Bertz CT molecular complexity index is 826. The van der Waals surface area contributed by atoms with Gasteiger partial charge in [0.1, 0.15) is 17.5 Å². The Kier molecular flexibility index (Phi) is 9.67. The smallest absolute Gasteiger partial charge is 0.261 e. The lowest BCUT2D eigenvalue weighted by Crippen LogP contribution is -2.50. The molecule has 7 heteroatoms. The molecule has 0 bridgehead atoms. The molecule has 0 aromatic heterocycles. The van der Waals surface area contributed by atoms with Crippen LogP contribution >= 0.6 is 15.9 Å². The maximum absolute atomic E-state index is 13.1. The van der Waals surface area contributed by atoms with E-state index in [-0.39, 0.29) is 25.0 Å². The average Bonchev–Trinajstić information content (AvgIpc) is 2.77. The van der Waals surface area contributed by atoms with Crippen LogP contribution in [0.4, 0.5) is 0 Å². The molecule has 0 heterocycles. The Balaban J connectivity index is 2.20.